The Morgan fingerprint density at radius 2 is 2.06 bits per heavy atom. The minimum Gasteiger partial charge on any atom is -0.322 e. The van der Waals surface area contributed by atoms with Crippen molar-refractivity contribution in [1.29, 1.82) is 0 Å². The maximum atomic E-state index is 13.8. The molecule has 0 bridgehead atoms. The molecular weight excluding hydrogens is 233 g/mol. The van der Waals surface area contributed by atoms with E-state index in [0.717, 1.165) is 37.3 Å². The largest absolute Gasteiger partial charge is 0.322 e. The van der Waals surface area contributed by atoms with Crippen LogP contribution in [0.2, 0.25) is 0 Å². The van der Waals surface area contributed by atoms with Gasteiger partial charge in [-0.3, -0.25) is 9.69 Å². The summed E-state index contributed by atoms with van der Waals surface area (Å²) in [5.74, 6) is -0.451. The van der Waals surface area contributed by atoms with Crippen molar-refractivity contribution >= 4 is 11.6 Å². The second-order valence-corrected chi connectivity index (χ2v) is 4.89. The van der Waals surface area contributed by atoms with Gasteiger partial charge in [-0.05, 0) is 18.6 Å². The third-order valence-electron chi connectivity index (χ3n) is 3.57. The van der Waals surface area contributed by atoms with Gasteiger partial charge >= 0.3 is 0 Å². The summed E-state index contributed by atoms with van der Waals surface area (Å²) in [4.78, 5) is 14.2. The van der Waals surface area contributed by atoms with Gasteiger partial charge in [0, 0.05) is 31.7 Å². The lowest BCUT2D eigenvalue weighted by molar-refractivity contribution is -0.121. The van der Waals surface area contributed by atoms with Gasteiger partial charge < -0.3 is 10.6 Å². The molecule has 0 aliphatic carbocycles. The third-order valence-corrected chi connectivity index (χ3v) is 3.57. The molecule has 0 spiro atoms. The molecule has 96 valence electrons. The lowest BCUT2D eigenvalue weighted by Gasteiger charge is -2.31. The van der Waals surface area contributed by atoms with E-state index < -0.39 is 0 Å². The first-order valence-corrected chi connectivity index (χ1v) is 6.22. The molecule has 18 heavy (non-hydrogen) atoms. The molecule has 0 aromatic heterocycles. The van der Waals surface area contributed by atoms with Gasteiger partial charge in [0.1, 0.15) is 11.9 Å². The number of nitrogens with one attached hydrogen (secondary N) is 2. The maximum Gasteiger partial charge on any atom is 0.246 e. The average molecular weight is 249 g/mol. The Balaban J connectivity index is 2.00. The molecule has 1 amide bonds. The predicted octanol–water partition coefficient (Wildman–Crippen LogP) is 1.03. The van der Waals surface area contributed by atoms with Gasteiger partial charge in [-0.25, -0.2) is 4.39 Å². The van der Waals surface area contributed by atoms with Crippen LogP contribution in [0.4, 0.5) is 10.1 Å². The zero-order valence-electron chi connectivity index (χ0n) is 10.3. The Bertz CT molecular complexity index is 497. The molecule has 1 fully saturated rings. The van der Waals surface area contributed by atoms with Crippen molar-refractivity contribution in [3.05, 3.63) is 29.1 Å². The summed E-state index contributed by atoms with van der Waals surface area (Å²) in [6, 6.07) is 3.03. The summed E-state index contributed by atoms with van der Waals surface area (Å²) in [5.41, 5.74) is 1.98. The van der Waals surface area contributed by atoms with E-state index in [1.54, 1.807) is 0 Å². The molecule has 0 radical (unpaired) electrons. The van der Waals surface area contributed by atoms with Crippen LogP contribution in [0.15, 0.2) is 12.1 Å². The van der Waals surface area contributed by atoms with E-state index in [-0.39, 0.29) is 17.8 Å². The number of hydrogen-bond donors (Lipinski definition) is 2. The third kappa shape index (κ3) is 1.79. The number of fused-ring (bicyclic) bond motifs is 1. The summed E-state index contributed by atoms with van der Waals surface area (Å²) < 4.78 is 13.8. The number of anilines is 1. The van der Waals surface area contributed by atoms with Crippen LogP contribution in [-0.4, -0.2) is 37.0 Å². The molecule has 1 aromatic rings. The molecule has 0 saturated carbocycles. The van der Waals surface area contributed by atoms with E-state index >= 15 is 0 Å². The van der Waals surface area contributed by atoms with Crippen LogP contribution in [0.5, 0.6) is 0 Å². The first-order chi connectivity index (χ1) is 8.66. The van der Waals surface area contributed by atoms with Gasteiger partial charge in [0.15, 0.2) is 0 Å². The molecule has 2 aliphatic rings. The number of halogens is 1. The second kappa shape index (κ2) is 4.33. The van der Waals surface area contributed by atoms with Crippen LogP contribution in [0.1, 0.15) is 17.2 Å². The van der Waals surface area contributed by atoms with Crippen molar-refractivity contribution in [2.45, 2.75) is 13.0 Å². The Morgan fingerprint density at radius 3 is 2.78 bits per heavy atom. The Labute approximate surface area is 105 Å². The van der Waals surface area contributed by atoms with Crippen molar-refractivity contribution in [2.75, 3.05) is 31.5 Å². The number of rotatable bonds is 1. The average Bonchev–Trinajstić information content (AvgIpc) is 2.67. The number of benzene rings is 1. The predicted molar refractivity (Wildman–Crippen MR) is 67.0 cm³/mol. The molecule has 1 atom stereocenters. The molecule has 4 nitrogen and oxygen atoms in total. The summed E-state index contributed by atoms with van der Waals surface area (Å²) in [7, 11) is 0. The molecule has 1 saturated heterocycles. The molecular formula is C13H16FN3O. The Kier molecular flexibility index (Phi) is 2.80. The van der Waals surface area contributed by atoms with Crippen LogP contribution in [0.25, 0.3) is 0 Å². The number of piperazine rings is 1. The van der Waals surface area contributed by atoms with E-state index in [1.807, 2.05) is 13.0 Å². The monoisotopic (exact) mass is 249 g/mol. The van der Waals surface area contributed by atoms with Gasteiger partial charge in [-0.15, -0.1) is 0 Å². The molecule has 1 unspecified atom stereocenters. The van der Waals surface area contributed by atoms with Crippen LogP contribution in [0.3, 0.4) is 0 Å². The highest BCUT2D eigenvalue weighted by Crippen LogP contribution is 2.37. The first kappa shape index (κ1) is 11.6. The SMILES string of the molecule is Cc1cc(F)c2c(c1)C(N1CCNCC1)C(=O)N2. The zero-order valence-corrected chi connectivity index (χ0v) is 10.3. The zero-order chi connectivity index (χ0) is 12.7. The summed E-state index contributed by atoms with van der Waals surface area (Å²) in [6.07, 6.45) is 0. The van der Waals surface area contributed by atoms with Crippen molar-refractivity contribution in [3.63, 3.8) is 0 Å². The minimum absolute atomic E-state index is 0.114. The topological polar surface area (TPSA) is 44.4 Å². The maximum absolute atomic E-state index is 13.8. The Hall–Kier alpha value is -1.46. The lowest BCUT2D eigenvalue weighted by Crippen LogP contribution is -2.46. The van der Waals surface area contributed by atoms with Gasteiger partial charge in [-0.1, -0.05) is 6.07 Å². The number of hydrogen-bond acceptors (Lipinski definition) is 3. The molecule has 2 aliphatic heterocycles. The number of nitrogens with zero attached hydrogens (tertiary/aromatic N) is 1. The van der Waals surface area contributed by atoms with Gasteiger partial charge in [0.05, 0.1) is 5.69 Å². The number of carbonyl (C=O) groups excluding carboxylic acids is 1. The van der Waals surface area contributed by atoms with Crippen molar-refractivity contribution < 1.29 is 9.18 Å². The molecule has 2 N–H and O–H groups in total. The van der Waals surface area contributed by atoms with Crippen molar-refractivity contribution in [3.8, 4) is 0 Å². The summed E-state index contributed by atoms with van der Waals surface area (Å²) >= 11 is 0. The van der Waals surface area contributed by atoms with Gasteiger partial charge in [0.25, 0.3) is 0 Å². The summed E-state index contributed by atoms with van der Waals surface area (Å²) in [5, 5.41) is 5.92. The standard InChI is InChI=1S/C13H16FN3O/c1-8-6-9-11(10(14)7-8)16-13(18)12(9)17-4-2-15-3-5-17/h6-7,12,15H,2-5H2,1H3,(H,16,18). The van der Waals surface area contributed by atoms with Gasteiger partial charge in [0.2, 0.25) is 5.91 Å². The van der Waals surface area contributed by atoms with E-state index in [1.165, 1.54) is 6.07 Å². The Morgan fingerprint density at radius 1 is 1.33 bits per heavy atom. The molecule has 5 heteroatoms. The van der Waals surface area contributed by atoms with Crippen LogP contribution in [0, 0.1) is 12.7 Å². The summed E-state index contributed by atoms with van der Waals surface area (Å²) in [6.45, 7) is 5.21. The quantitative estimate of drug-likeness (QED) is 0.781. The number of carbonyl (C=O) groups is 1. The van der Waals surface area contributed by atoms with E-state index in [0.29, 0.717) is 5.69 Å². The van der Waals surface area contributed by atoms with E-state index in [4.69, 9.17) is 0 Å². The highest BCUT2D eigenvalue weighted by atomic mass is 19.1. The smallest absolute Gasteiger partial charge is 0.246 e. The normalized spacial score (nSPS) is 23.9. The van der Waals surface area contributed by atoms with Crippen molar-refractivity contribution in [2.24, 2.45) is 0 Å². The highest BCUT2D eigenvalue weighted by molar-refractivity contribution is 6.02. The molecule has 1 aromatic carbocycles. The minimum atomic E-state index is -0.337. The fraction of sp³-hybridized carbons (Fsp3) is 0.462. The molecule has 2 heterocycles. The van der Waals surface area contributed by atoms with E-state index in [9.17, 15) is 9.18 Å². The number of aryl methyl sites for hydroxylation is 1. The van der Waals surface area contributed by atoms with E-state index in [2.05, 4.69) is 15.5 Å². The number of amides is 1. The fourth-order valence-corrected chi connectivity index (χ4v) is 2.75. The molecule has 3 rings (SSSR count). The lowest BCUT2D eigenvalue weighted by atomic mass is 10.0. The van der Waals surface area contributed by atoms with Crippen LogP contribution < -0.4 is 10.6 Å². The second-order valence-electron chi connectivity index (χ2n) is 4.89. The first-order valence-electron chi connectivity index (χ1n) is 6.22. The van der Waals surface area contributed by atoms with Crippen LogP contribution >= 0.6 is 0 Å². The van der Waals surface area contributed by atoms with Crippen LogP contribution in [-0.2, 0) is 4.79 Å². The highest BCUT2D eigenvalue weighted by Gasteiger charge is 2.37. The van der Waals surface area contributed by atoms with Crippen molar-refractivity contribution in [1.82, 2.24) is 10.2 Å². The fourth-order valence-electron chi connectivity index (χ4n) is 2.75. The van der Waals surface area contributed by atoms with Gasteiger partial charge in [-0.2, -0.15) is 0 Å².